The summed E-state index contributed by atoms with van der Waals surface area (Å²) in [7, 11) is 3.87. The van der Waals surface area contributed by atoms with Crippen LogP contribution in [0.25, 0.3) is 0 Å². The van der Waals surface area contributed by atoms with E-state index in [0.717, 1.165) is 51.6 Å². The van der Waals surface area contributed by atoms with E-state index in [1.807, 2.05) is 19.1 Å². The lowest BCUT2D eigenvalue weighted by Crippen LogP contribution is -2.29. The van der Waals surface area contributed by atoms with E-state index >= 15 is 0 Å². The normalized spacial score (nSPS) is 11.0. The molecule has 4 heteroatoms. The molecule has 0 saturated heterocycles. The molecule has 0 unspecified atom stereocenters. The molecule has 0 radical (unpaired) electrons. The number of hydrogen-bond acceptors (Lipinski definition) is 4. The largest absolute Gasteiger partial charge is 0.496 e. The SMILES string of the molecule is CCOCCCCNCCN(C)Cc1ccccc1OC. The number of para-hydroxylation sites is 1. The van der Waals surface area contributed by atoms with Crippen LogP contribution in [0.15, 0.2) is 24.3 Å². The Bertz CT molecular complexity index is 372. The highest BCUT2D eigenvalue weighted by atomic mass is 16.5. The van der Waals surface area contributed by atoms with E-state index in [2.05, 4.69) is 29.4 Å². The second-order valence-electron chi connectivity index (χ2n) is 5.20. The van der Waals surface area contributed by atoms with Gasteiger partial charge in [0.25, 0.3) is 0 Å². The maximum Gasteiger partial charge on any atom is 0.123 e. The lowest BCUT2D eigenvalue weighted by atomic mass is 10.2. The molecule has 4 nitrogen and oxygen atoms in total. The summed E-state index contributed by atoms with van der Waals surface area (Å²) < 4.78 is 10.7. The summed E-state index contributed by atoms with van der Waals surface area (Å²) in [6.07, 6.45) is 2.31. The number of nitrogens with one attached hydrogen (secondary N) is 1. The fraction of sp³-hybridized carbons (Fsp3) is 0.647. The molecule has 0 aliphatic carbocycles. The minimum Gasteiger partial charge on any atom is -0.496 e. The van der Waals surface area contributed by atoms with E-state index in [-0.39, 0.29) is 0 Å². The average Bonchev–Trinajstić information content (AvgIpc) is 2.50. The van der Waals surface area contributed by atoms with E-state index < -0.39 is 0 Å². The first-order chi connectivity index (χ1) is 10.3. The summed E-state index contributed by atoms with van der Waals surface area (Å²) in [6.45, 7) is 7.76. The molecule has 1 aromatic rings. The van der Waals surface area contributed by atoms with Crippen LogP contribution in [0.3, 0.4) is 0 Å². The Morgan fingerprint density at radius 3 is 2.71 bits per heavy atom. The first-order valence-corrected chi connectivity index (χ1v) is 7.86. The monoisotopic (exact) mass is 294 g/mol. The van der Waals surface area contributed by atoms with Gasteiger partial charge in [-0.25, -0.2) is 0 Å². The van der Waals surface area contributed by atoms with E-state index in [1.165, 1.54) is 12.0 Å². The van der Waals surface area contributed by atoms with Crippen LogP contribution >= 0.6 is 0 Å². The number of rotatable bonds is 12. The van der Waals surface area contributed by atoms with Gasteiger partial charge in [-0.2, -0.15) is 0 Å². The molecule has 0 amide bonds. The maximum absolute atomic E-state index is 5.38. The van der Waals surface area contributed by atoms with E-state index in [0.29, 0.717) is 0 Å². The second kappa shape index (κ2) is 11.5. The van der Waals surface area contributed by atoms with Gasteiger partial charge in [0.2, 0.25) is 0 Å². The lowest BCUT2D eigenvalue weighted by Gasteiger charge is -2.18. The Labute approximate surface area is 129 Å². The molecule has 0 fully saturated rings. The van der Waals surface area contributed by atoms with Crippen LogP contribution in [0, 0.1) is 0 Å². The fourth-order valence-electron chi connectivity index (χ4n) is 2.20. The number of hydrogen-bond donors (Lipinski definition) is 1. The first kappa shape index (κ1) is 18.0. The number of likely N-dealkylation sites (N-methyl/N-ethyl adjacent to an activating group) is 1. The van der Waals surface area contributed by atoms with Crippen molar-refractivity contribution in [1.82, 2.24) is 10.2 Å². The summed E-state index contributed by atoms with van der Waals surface area (Å²) in [5, 5.41) is 3.48. The van der Waals surface area contributed by atoms with E-state index in [4.69, 9.17) is 9.47 Å². The van der Waals surface area contributed by atoms with Crippen LogP contribution in [-0.2, 0) is 11.3 Å². The molecule has 0 heterocycles. The summed E-state index contributed by atoms with van der Waals surface area (Å²) >= 11 is 0. The van der Waals surface area contributed by atoms with Gasteiger partial charge in [-0.05, 0) is 39.4 Å². The zero-order chi connectivity index (χ0) is 15.3. The van der Waals surface area contributed by atoms with Crippen LogP contribution in [0.4, 0.5) is 0 Å². The Kier molecular flexibility index (Phi) is 9.87. The molecule has 0 spiro atoms. The van der Waals surface area contributed by atoms with Crippen molar-refractivity contribution in [3.63, 3.8) is 0 Å². The topological polar surface area (TPSA) is 33.7 Å². The van der Waals surface area contributed by atoms with Gasteiger partial charge in [0.1, 0.15) is 5.75 Å². The lowest BCUT2D eigenvalue weighted by molar-refractivity contribution is 0.143. The van der Waals surface area contributed by atoms with Crippen molar-refractivity contribution in [1.29, 1.82) is 0 Å². The quantitative estimate of drug-likeness (QED) is 0.601. The van der Waals surface area contributed by atoms with Crippen LogP contribution in [-0.4, -0.2) is 51.9 Å². The van der Waals surface area contributed by atoms with Crippen molar-refractivity contribution in [2.24, 2.45) is 0 Å². The predicted octanol–water partition coefficient (Wildman–Crippen LogP) is 2.53. The summed E-state index contributed by atoms with van der Waals surface area (Å²) in [5.74, 6) is 0.966. The molecule has 0 aromatic heterocycles. The predicted molar refractivity (Wildman–Crippen MR) is 87.9 cm³/mol. The van der Waals surface area contributed by atoms with Crippen molar-refractivity contribution in [2.75, 3.05) is 47.0 Å². The smallest absolute Gasteiger partial charge is 0.123 e. The van der Waals surface area contributed by atoms with Crippen molar-refractivity contribution in [3.05, 3.63) is 29.8 Å². The number of nitrogens with zero attached hydrogens (tertiary/aromatic N) is 1. The zero-order valence-corrected chi connectivity index (χ0v) is 13.7. The molecular formula is C17H30N2O2. The van der Waals surface area contributed by atoms with Crippen LogP contribution in [0.1, 0.15) is 25.3 Å². The average molecular weight is 294 g/mol. The maximum atomic E-state index is 5.38. The van der Waals surface area contributed by atoms with E-state index in [9.17, 15) is 0 Å². The molecule has 1 rings (SSSR count). The zero-order valence-electron chi connectivity index (χ0n) is 13.7. The molecule has 0 saturated carbocycles. The second-order valence-corrected chi connectivity index (χ2v) is 5.20. The fourth-order valence-corrected chi connectivity index (χ4v) is 2.20. The Morgan fingerprint density at radius 1 is 1.14 bits per heavy atom. The van der Waals surface area contributed by atoms with Gasteiger partial charge in [-0.1, -0.05) is 18.2 Å². The highest BCUT2D eigenvalue weighted by Gasteiger charge is 2.05. The molecule has 0 bridgehead atoms. The molecule has 1 aromatic carbocycles. The molecule has 120 valence electrons. The number of benzene rings is 1. The Hall–Kier alpha value is -1.10. The van der Waals surface area contributed by atoms with Gasteiger partial charge in [0, 0.05) is 38.4 Å². The molecule has 0 aliphatic rings. The number of methoxy groups -OCH3 is 1. The van der Waals surface area contributed by atoms with Crippen LogP contribution < -0.4 is 10.1 Å². The van der Waals surface area contributed by atoms with Gasteiger partial charge < -0.3 is 19.7 Å². The van der Waals surface area contributed by atoms with Gasteiger partial charge in [0.15, 0.2) is 0 Å². The van der Waals surface area contributed by atoms with Gasteiger partial charge >= 0.3 is 0 Å². The van der Waals surface area contributed by atoms with Gasteiger partial charge in [0.05, 0.1) is 7.11 Å². The van der Waals surface area contributed by atoms with Gasteiger partial charge in [-0.15, -0.1) is 0 Å². The molecule has 0 aliphatic heterocycles. The molecule has 0 atom stereocenters. The van der Waals surface area contributed by atoms with Crippen LogP contribution in [0.5, 0.6) is 5.75 Å². The van der Waals surface area contributed by atoms with E-state index in [1.54, 1.807) is 7.11 Å². The first-order valence-electron chi connectivity index (χ1n) is 7.86. The van der Waals surface area contributed by atoms with Crippen molar-refractivity contribution < 1.29 is 9.47 Å². The van der Waals surface area contributed by atoms with Crippen molar-refractivity contribution in [2.45, 2.75) is 26.3 Å². The minimum absolute atomic E-state index is 0.821. The minimum atomic E-state index is 0.821. The highest BCUT2D eigenvalue weighted by Crippen LogP contribution is 2.18. The number of unbranched alkanes of at least 4 members (excludes halogenated alkanes) is 1. The third-order valence-corrected chi connectivity index (χ3v) is 3.40. The summed E-state index contributed by atoms with van der Waals surface area (Å²) in [4.78, 5) is 2.31. The summed E-state index contributed by atoms with van der Waals surface area (Å²) in [5.41, 5.74) is 1.24. The van der Waals surface area contributed by atoms with Crippen LogP contribution in [0.2, 0.25) is 0 Å². The Morgan fingerprint density at radius 2 is 1.95 bits per heavy atom. The van der Waals surface area contributed by atoms with Gasteiger partial charge in [-0.3, -0.25) is 0 Å². The molecule has 21 heavy (non-hydrogen) atoms. The molecular weight excluding hydrogens is 264 g/mol. The highest BCUT2D eigenvalue weighted by molar-refractivity contribution is 5.32. The van der Waals surface area contributed by atoms with Crippen molar-refractivity contribution in [3.8, 4) is 5.75 Å². The Balaban J connectivity index is 2.10. The molecule has 1 N–H and O–H groups in total. The standard InChI is InChI=1S/C17H30N2O2/c1-4-21-14-8-7-11-18-12-13-19(2)15-16-9-5-6-10-17(16)20-3/h5-6,9-10,18H,4,7-8,11-15H2,1-3H3. The third kappa shape index (κ3) is 8.05. The van der Waals surface area contributed by atoms with Crippen molar-refractivity contribution >= 4 is 0 Å². The summed E-state index contributed by atoms with van der Waals surface area (Å²) in [6, 6.07) is 8.20. The third-order valence-electron chi connectivity index (χ3n) is 3.40. The number of ether oxygens (including phenoxy) is 2.